The first-order chi connectivity index (χ1) is 15.4. The molecule has 0 saturated carbocycles. The third kappa shape index (κ3) is 4.75. The first-order valence-electron chi connectivity index (χ1n) is 10.4. The van der Waals surface area contributed by atoms with Crippen LogP contribution in [-0.4, -0.2) is 40.2 Å². The Labute approximate surface area is 191 Å². The molecule has 2 aromatic carbocycles. The second-order valence-corrected chi connectivity index (χ2v) is 8.45. The number of ether oxygens (including phenoxy) is 2. The van der Waals surface area contributed by atoms with E-state index >= 15 is 0 Å². The fraction of sp³-hybridized carbons (Fsp3) is 0.250. The lowest BCUT2D eigenvalue weighted by atomic mass is 10.1. The van der Waals surface area contributed by atoms with Crippen molar-refractivity contribution in [3.05, 3.63) is 64.7 Å². The van der Waals surface area contributed by atoms with Crippen molar-refractivity contribution in [2.75, 3.05) is 13.2 Å². The molecule has 8 heteroatoms. The van der Waals surface area contributed by atoms with Crippen LogP contribution in [0.25, 0.3) is 6.08 Å². The summed E-state index contributed by atoms with van der Waals surface area (Å²) in [7, 11) is 0. The first kappa shape index (κ1) is 21.8. The van der Waals surface area contributed by atoms with Gasteiger partial charge >= 0.3 is 0 Å². The van der Waals surface area contributed by atoms with Crippen LogP contribution in [-0.2, 0) is 4.79 Å². The number of amidine groups is 2. The molecule has 0 aliphatic carbocycles. The molecule has 0 spiro atoms. The van der Waals surface area contributed by atoms with Gasteiger partial charge < -0.3 is 9.47 Å². The molecule has 7 nitrogen and oxygen atoms in total. The van der Waals surface area contributed by atoms with Gasteiger partial charge in [-0.2, -0.15) is 15.1 Å². The highest BCUT2D eigenvalue weighted by Crippen LogP contribution is 2.29. The highest BCUT2D eigenvalue weighted by molar-refractivity contribution is 8.26. The number of fused-ring (bicyclic) bond motifs is 1. The Balaban J connectivity index is 1.41. The number of carbonyl (C=O) groups excluding carboxylic acids is 1. The fourth-order valence-corrected chi connectivity index (χ4v) is 4.03. The maximum Gasteiger partial charge on any atom is 0.283 e. The van der Waals surface area contributed by atoms with Gasteiger partial charge in [-0.3, -0.25) is 10.2 Å². The highest BCUT2D eigenvalue weighted by atomic mass is 32.2. The van der Waals surface area contributed by atoms with Crippen molar-refractivity contribution in [2.24, 2.45) is 10.1 Å². The van der Waals surface area contributed by atoms with Gasteiger partial charge in [0.15, 0.2) is 5.84 Å². The topological polar surface area (TPSA) is 87.3 Å². The number of aryl methyl sites for hydroxylation is 2. The van der Waals surface area contributed by atoms with E-state index in [0.717, 1.165) is 33.9 Å². The summed E-state index contributed by atoms with van der Waals surface area (Å²) in [6.45, 7) is 6.82. The van der Waals surface area contributed by atoms with Crippen molar-refractivity contribution in [3.8, 4) is 11.5 Å². The molecule has 0 unspecified atom stereocenters. The number of carbonyl (C=O) groups is 1. The van der Waals surface area contributed by atoms with E-state index in [0.29, 0.717) is 24.1 Å². The van der Waals surface area contributed by atoms with E-state index in [-0.39, 0.29) is 11.4 Å². The summed E-state index contributed by atoms with van der Waals surface area (Å²) in [5, 5.41) is 15.5. The lowest BCUT2D eigenvalue weighted by molar-refractivity contribution is -0.114. The molecule has 32 heavy (non-hydrogen) atoms. The van der Waals surface area contributed by atoms with Gasteiger partial charge in [-0.15, -0.1) is 0 Å². The van der Waals surface area contributed by atoms with E-state index in [9.17, 15) is 4.79 Å². The van der Waals surface area contributed by atoms with Crippen LogP contribution in [0.15, 0.2) is 58.1 Å². The molecule has 0 fully saturated rings. The summed E-state index contributed by atoms with van der Waals surface area (Å²) in [6.07, 6.45) is 2.38. The summed E-state index contributed by atoms with van der Waals surface area (Å²) in [5.74, 6) is 1.11. The monoisotopic (exact) mass is 448 g/mol. The first-order valence-corrected chi connectivity index (χ1v) is 11.2. The van der Waals surface area contributed by atoms with Gasteiger partial charge in [-0.25, -0.2) is 0 Å². The van der Waals surface area contributed by atoms with Gasteiger partial charge in [0.2, 0.25) is 5.17 Å². The molecule has 2 aliphatic heterocycles. The minimum absolute atomic E-state index is 0.0317. The standard InChI is InChI=1S/C24H24N4O3S/c1-4-21-27-28-22(25)19(23(29)26-24(28)32-21)14-17-6-5-7-18(13-17)30-10-11-31-20-12-15(2)8-9-16(20)3/h5-9,12-14,25H,4,10-11H2,1-3H3/b19-14+,25-22?. The van der Waals surface area contributed by atoms with Crippen LogP contribution in [0.5, 0.6) is 11.5 Å². The van der Waals surface area contributed by atoms with Crippen molar-refractivity contribution < 1.29 is 14.3 Å². The van der Waals surface area contributed by atoms with Gasteiger partial charge in [0.1, 0.15) is 29.8 Å². The van der Waals surface area contributed by atoms with Crippen LogP contribution in [0.3, 0.4) is 0 Å². The number of hydrazone groups is 1. The van der Waals surface area contributed by atoms with Gasteiger partial charge in [0.25, 0.3) is 5.91 Å². The molecule has 2 aromatic rings. The Hall–Kier alpha value is -3.39. The van der Waals surface area contributed by atoms with E-state index in [1.54, 1.807) is 6.08 Å². The maximum atomic E-state index is 12.5. The number of nitrogens with one attached hydrogen (secondary N) is 1. The molecule has 2 aliphatic rings. The minimum Gasteiger partial charge on any atom is -0.490 e. The Kier molecular flexibility index (Phi) is 6.41. The van der Waals surface area contributed by atoms with Gasteiger partial charge in [0, 0.05) is 0 Å². The van der Waals surface area contributed by atoms with Crippen LogP contribution < -0.4 is 9.47 Å². The van der Waals surface area contributed by atoms with Crippen molar-refractivity contribution >= 4 is 39.8 Å². The number of rotatable bonds is 7. The molecule has 4 rings (SSSR count). The van der Waals surface area contributed by atoms with Crippen LogP contribution in [0, 0.1) is 19.3 Å². The zero-order chi connectivity index (χ0) is 22.7. The van der Waals surface area contributed by atoms with Crippen LogP contribution in [0.1, 0.15) is 30.0 Å². The molecular weight excluding hydrogens is 424 g/mol. The smallest absolute Gasteiger partial charge is 0.283 e. The van der Waals surface area contributed by atoms with Crippen molar-refractivity contribution in [2.45, 2.75) is 27.2 Å². The normalized spacial score (nSPS) is 16.7. The number of hydrogen-bond acceptors (Lipinski definition) is 6. The van der Waals surface area contributed by atoms with E-state index in [4.69, 9.17) is 14.9 Å². The Morgan fingerprint density at radius 2 is 1.94 bits per heavy atom. The molecule has 0 radical (unpaired) electrons. The van der Waals surface area contributed by atoms with Gasteiger partial charge in [-0.05, 0) is 73.0 Å². The highest BCUT2D eigenvalue weighted by Gasteiger charge is 2.35. The summed E-state index contributed by atoms with van der Waals surface area (Å²) >= 11 is 1.33. The molecule has 2 heterocycles. The number of amides is 1. The van der Waals surface area contributed by atoms with E-state index in [1.807, 2.05) is 57.2 Å². The zero-order valence-electron chi connectivity index (χ0n) is 18.2. The third-order valence-electron chi connectivity index (χ3n) is 4.92. The lowest BCUT2D eigenvalue weighted by Crippen LogP contribution is -2.35. The number of benzene rings is 2. The van der Waals surface area contributed by atoms with E-state index < -0.39 is 5.91 Å². The van der Waals surface area contributed by atoms with E-state index in [2.05, 4.69) is 16.2 Å². The Morgan fingerprint density at radius 1 is 1.12 bits per heavy atom. The predicted octanol–water partition coefficient (Wildman–Crippen LogP) is 4.79. The lowest BCUT2D eigenvalue weighted by Gasteiger charge is -2.20. The molecule has 0 saturated heterocycles. The van der Waals surface area contributed by atoms with Crippen LogP contribution in [0.4, 0.5) is 0 Å². The zero-order valence-corrected chi connectivity index (χ0v) is 19.0. The SMILES string of the molecule is CCC1=NN2C(=N)/C(=C\c3cccc(OCCOc4cc(C)ccc4C)c3)C(=O)N=C2S1. The summed E-state index contributed by atoms with van der Waals surface area (Å²) < 4.78 is 11.7. The summed E-state index contributed by atoms with van der Waals surface area (Å²) in [4.78, 5) is 16.6. The molecule has 1 amide bonds. The largest absolute Gasteiger partial charge is 0.490 e. The number of hydrogen-bond donors (Lipinski definition) is 1. The second kappa shape index (κ2) is 9.40. The van der Waals surface area contributed by atoms with Crippen LogP contribution >= 0.6 is 11.8 Å². The minimum atomic E-state index is -0.436. The Morgan fingerprint density at radius 3 is 2.75 bits per heavy atom. The molecule has 0 atom stereocenters. The van der Waals surface area contributed by atoms with Crippen LogP contribution in [0.2, 0.25) is 0 Å². The van der Waals surface area contributed by atoms with Gasteiger partial charge in [0.05, 0.1) is 5.57 Å². The molecule has 164 valence electrons. The molecule has 0 bridgehead atoms. The fourth-order valence-electron chi connectivity index (χ4n) is 3.21. The average Bonchev–Trinajstić information content (AvgIpc) is 3.20. The van der Waals surface area contributed by atoms with E-state index in [1.165, 1.54) is 16.8 Å². The van der Waals surface area contributed by atoms with Crippen molar-refractivity contribution in [3.63, 3.8) is 0 Å². The quantitative estimate of drug-likeness (QED) is 0.486. The Bertz CT molecular complexity index is 1170. The predicted molar refractivity (Wildman–Crippen MR) is 129 cm³/mol. The van der Waals surface area contributed by atoms with Crippen molar-refractivity contribution in [1.82, 2.24) is 5.01 Å². The average molecular weight is 449 g/mol. The van der Waals surface area contributed by atoms with Gasteiger partial charge in [-0.1, -0.05) is 31.2 Å². The number of nitrogens with zero attached hydrogens (tertiary/aromatic N) is 3. The maximum absolute atomic E-state index is 12.5. The number of thioether (sulfide) groups is 1. The number of aliphatic imine (C=N–C) groups is 1. The molecular formula is C24H24N4O3S. The third-order valence-corrected chi connectivity index (χ3v) is 5.97. The summed E-state index contributed by atoms with van der Waals surface area (Å²) in [5.41, 5.74) is 3.18. The van der Waals surface area contributed by atoms with Crippen molar-refractivity contribution in [1.29, 1.82) is 5.41 Å². The second-order valence-electron chi connectivity index (χ2n) is 7.41. The molecule has 1 N–H and O–H groups in total. The summed E-state index contributed by atoms with van der Waals surface area (Å²) in [6, 6.07) is 13.5. The molecule has 0 aromatic heterocycles.